The van der Waals surface area contributed by atoms with Crippen molar-refractivity contribution >= 4 is 5.95 Å². The summed E-state index contributed by atoms with van der Waals surface area (Å²) in [5.41, 5.74) is -0.190. The van der Waals surface area contributed by atoms with Gasteiger partial charge in [0.05, 0.1) is 12.3 Å². The van der Waals surface area contributed by atoms with Crippen LogP contribution >= 0.6 is 0 Å². The number of hydrogen-bond acceptors (Lipinski definition) is 6. The molecule has 0 aliphatic carbocycles. The number of nitrogens with zero attached hydrogens (tertiary/aromatic N) is 2. The number of nitrogens with one attached hydrogen (secondary N) is 1. The third kappa shape index (κ3) is 3.35. The molecule has 2 aromatic heterocycles. The molecule has 0 spiro atoms. The van der Waals surface area contributed by atoms with E-state index in [4.69, 9.17) is 14.0 Å². The van der Waals surface area contributed by atoms with Crippen LogP contribution in [-0.4, -0.2) is 21.9 Å². The average molecular weight is 265 g/mol. The molecule has 19 heavy (non-hydrogen) atoms. The Morgan fingerprint density at radius 2 is 2.21 bits per heavy atom. The van der Waals surface area contributed by atoms with Crippen molar-refractivity contribution in [3.05, 3.63) is 30.0 Å². The first kappa shape index (κ1) is 13.6. The fourth-order valence-corrected chi connectivity index (χ4v) is 1.65. The smallest absolute Gasteiger partial charge is 0.264 e. The van der Waals surface area contributed by atoms with Gasteiger partial charge < -0.3 is 19.4 Å². The molecule has 0 saturated carbocycles. The number of furan rings is 1. The minimum atomic E-state index is -0.190. The van der Waals surface area contributed by atoms with Crippen molar-refractivity contribution in [3.8, 4) is 0 Å². The summed E-state index contributed by atoms with van der Waals surface area (Å²) in [5.74, 6) is 1.70. The Balaban J connectivity index is 2.11. The molecule has 0 bridgehead atoms. The molecule has 0 aliphatic rings. The summed E-state index contributed by atoms with van der Waals surface area (Å²) in [6, 6.07) is 3.47. The van der Waals surface area contributed by atoms with Crippen LogP contribution in [0.5, 0.6) is 0 Å². The van der Waals surface area contributed by atoms with Crippen molar-refractivity contribution in [1.82, 2.24) is 10.1 Å². The molecule has 1 unspecified atom stereocenters. The van der Waals surface area contributed by atoms with Crippen LogP contribution in [0.15, 0.2) is 27.3 Å². The Morgan fingerprint density at radius 3 is 2.74 bits per heavy atom. The van der Waals surface area contributed by atoms with Gasteiger partial charge in [0, 0.05) is 12.0 Å². The molecule has 2 heterocycles. The molecule has 0 radical (unpaired) electrons. The number of hydrogen-bond donors (Lipinski definition) is 2. The Bertz CT molecular complexity index is 499. The fourth-order valence-electron chi connectivity index (χ4n) is 1.65. The Hall–Kier alpha value is -1.82. The van der Waals surface area contributed by atoms with Crippen molar-refractivity contribution < 1.29 is 14.0 Å². The second-order valence-corrected chi connectivity index (χ2v) is 5.40. The topological polar surface area (TPSA) is 84.3 Å². The van der Waals surface area contributed by atoms with Gasteiger partial charge in [0.1, 0.15) is 5.76 Å². The van der Waals surface area contributed by atoms with Gasteiger partial charge in [-0.1, -0.05) is 20.8 Å². The molecule has 104 valence electrons. The average Bonchev–Trinajstić information content (AvgIpc) is 2.98. The maximum absolute atomic E-state index is 9.10. The summed E-state index contributed by atoms with van der Waals surface area (Å²) in [6.07, 6.45) is 2.10. The molecule has 2 rings (SSSR count). The molecule has 2 N–H and O–H groups in total. The van der Waals surface area contributed by atoms with Gasteiger partial charge in [0.2, 0.25) is 5.89 Å². The minimum Gasteiger partial charge on any atom is -0.467 e. The molecule has 0 aromatic carbocycles. The highest BCUT2D eigenvalue weighted by atomic mass is 16.5. The number of rotatable bonds is 5. The van der Waals surface area contributed by atoms with Crippen LogP contribution in [0.4, 0.5) is 5.95 Å². The lowest BCUT2D eigenvalue weighted by Gasteiger charge is -2.13. The Kier molecular flexibility index (Phi) is 3.90. The van der Waals surface area contributed by atoms with Crippen LogP contribution in [0, 0.1) is 0 Å². The summed E-state index contributed by atoms with van der Waals surface area (Å²) >= 11 is 0. The van der Waals surface area contributed by atoms with Gasteiger partial charge in [-0.3, -0.25) is 0 Å². The zero-order valence-electron chi connectivity index (χ0n) is 11.4. The van der Waals surface area contributed by atoms with E-state index in [1.807, 2.05) is 26.8 Å². The number of aliphatic hydroxyl groups excluding tert-OH is 1. The molecule has 0 saturated heterocycles. The van der Waals surface area contributed by atoms with E-state index in [1.165, 1.54) is 0 Å². The SMILES string of the molecule is CC(C)(C)c1nc(NC(CCO)c2ccco2)no1. The first-order valence-electron chi connectivity index (χ1n) is 6.25. The van der Waals surface area contributed by atoms with Gasteiger partial charge in [0.15, 0.2) is 0 Å². The van der Waals surface area contributed by atoms with Crippen LogP contribution in [0.3, 0.4) is 0 Å². The van der Waals surface area contributed by atoms with E-state index in [2.05, 4.69) is 15.5 Å². The minimum absolute atomic E-state index is 0.0440. The van der Waals surface area contributed by atoms with Crippen LogP contribution in [0.2, 0.25) is 0 Å². The molecule has 2 aromatic rings. The van der Waals surface area contributed by atoms with Gasteiger partial charge in [-0.2, -0.15) is 4.98 Å². The van der Waals surface area contributed by atoms with E-state index >= 15 is 0 Å². The Morgan fingerprint density at radius 1 is 1.42 bits per heavy atom. The highest BCUT2D eigenvalue weighted by molar-refractivity contribution is 5.27. The monoisotopic (exact) mass is 265 g/mol. The van der Waals surface area contributed by atoms with Gasteiger partial charge in [0.25, 0.3) is 5.95 Å². The quantitative estimate of drug-likeness (QED) is 0.864. The van der Waals surface area contributed by atoms with Crippen molar-refractivity contribution in [3.63, 3.8) is 0 Å². The number of aliphatic hydroxyl groups is 1. The predicted octanol–water partition coefficient (Wildman–Crippen LogP) is 2.50. The molecule has 1 atom stereocenters. The normalized spacial score (nSPS) is 13.5. The second kappa shape index (κ2) is 5.44. The lowest BCUT2D eigenvalue weighted by atomic mass is 9.97. The first-order chi connectivity index (χ1) is 9.00. The zero-order valence-corrected chi connectivity index (χ0v) is 11.4. The van der Waals surface area contributed by atoms with Crippen molar-refractivity contribution in [1.29, 1.82) is 0 Å². The van der Waals surface area contributed by atoms with Crippen LogP contribution < -0.4 is 5.32 Å². The van der Waals surface area contributed by atoms with Gasteiger partial charge in [-0.25, -0.2) is 0 Å². The third-order valence-corrected chi connectivity index (χ3v) is 2.68. The molecule has 0 fully saturated rings. The van der Waals surface area contributed by atoms with Crippen LogP contribution in [-0.2, 0) is 5.41 Å². The molecular weight excluding hydrogens is 246 g/mol. The summed E-state index contributed by atoms with van der Waals surface area (Å²) in [4.78, 5) is 4.30. The van der Waals surface area contributed by atoms with Crippen LogP contribution in [0.1, 0.15) is 44.9 Å². The molecule has 0 aliphatic heterocycles. The maximum Gasteiger partial charge on any atom is 0.264 e. The van der Waals surface area contributed by atoms with E-state index in [1.54, 1.807) is 12.3 Å². The molecule has 6 nitrogen and oxygen atoms in total. The molecule has 0 amide bonds. The van der Waals surface area contributed by atoms with E-state index < -0.39 is 0 Å². The Labute approximate surface area is 111 Å². The van der Waals surface area contributed by atoms with Crippen molar-refractivity contribution in [2.75, 3.05) is 11.9 Å². The zero-order chi connectivity index (χ0) is 13.9. The standard InChI is InChI=1S/C13H19N3O3/c1-13(2,3)11-15-12(16-19-11)14-9(6-7-17)10-5-4-8-18-10/h4-5,8-9,17H,6-7H2,1-3H3,(H,14,16). The molecule has 6 heteroatoms. The van der Waals surface area contributed by atoms with Gasteiger partial charge in [-0.15, -0.1) is 0 Å². The summed E-state index contributed by atoms with van der Waals surface area (Å²) in [5, 5.41) is 16.1. The molecular formula is C13H19N3O3. The maximum atomic E-state index is 9.10. The third-order valence-electron chi connectivity index (χ3n) is 2.68. The first-order valence-corrected chi connectivity index (χ1v) is 6.25. The van der Waals surface area contributed by atoms with Gasteiger partial charge >= 0.3 is 0 Å². The largest absolute Gasteiger partial charge is 0.467 e. The summed E-state index contributed by atoms with van der Waals surface area (Å²) in [7, 11) is 0. The predicted molar refractivity (Wildman–Crippen MR) is 69.8 cm³/mol. The number of anilines is 1. The van der Waals surface area contributed by atoms with E-state index in [-0.39, 0.29) is 18.1 Å². The lowest BCUT2D eigenvalue weighted by molar-refractivity contribution is 0.272. The highest BCUT2D eigenvalue weighted by Crippen LogP contribution is 2.24. The second-order valence-electron chi connectivity index (χ2n) is 5.40. The van der Waals surface area contributed by atoms with E-state index in [0.29, 0.717) is 18.3 Å². The lowest BCUT2D eigenvalue weighted by Crippen LogP contribution is -2.14. The van der Waals surface area contributed by atoms with E-state index in [0.717, 1.165) is 5.76 Å². The van der Waals surface area contributed by atoms with Crippen molar-refractivity contribution in [2.24, 2.45) is 0 Å². The number of aromatic nitrogens is 2. The summed E-state index contributed by atoms with van der Waals surface area (Å²) < 4.78 is 10.5. The highest BCUT2D eigenvalue weighted by Gasteiger charge is 2.23. The fraction of sp³-hybridized carbons (Fsp3) is 0.538. The van der Waals surface area contributed by atoms with Gasteiger partial charge in [-0.05, 0) is 23.7 Å². The van der Waals surface area contributed by atoms with E-state index in [9.17, 15) is 0 Å². The van der Waals surface area contributed by atoms with Crippen molar-refractivity contribution in [2.45, 2.75) is 38.6 Å². The summed E-state index contributed by atoms with van der Waals surface area (Å²) in [6.45, 7) is 6.05. The van der Waals surface area contributed by atoms with Crippen LogP contribution in [0.25, 0.3) is 0 Å².